The van der Waals surface area contributed by atoms with Gasteiger partial charge in [-0.3, -0.25) is 4.98 Å². The Balaban J connectivity index is 1.74. The number of carbonyl (C=O) groups excluding carboxylic acids is 1. The highest BCUT2D eigenvalue weighted by Gasteiger charge is 2.10. The largest absolute Gasteiger partial charge is 0.497 e. The van der Waals surface area contributed by atoms with E-state index in [2.05, 4.69) is 10.3 Å². The molecule has 0 bridgehead atoms. The first-order valence-electron chi connectivity index (χ1n) is 8.27. The molecule has 1 aromatic carbocycles. The number of amides is 2. The van der Waals surface area contributed by atoms with Crippen LogP contribution in [0.4, 0.5) is 4.79 Å². The van der Waals surface area contributed by atoms with Gasteiger partial charge in [-0.1, -0.05) is 12.1 Å². The van der Waals surface area contributed by atoms with Crippen LogP contribution in [0.15, 0.2) is 48.8 Å². The van der Waals surface area contributed by atoms with Gasteiger partial charge in [0.05, 0.1) is 7.11 Å². The number of nitrogens with one attached hydrogen (secondary N) is 1. The van der Waals surface area contributed by atoms with Crippen LogP contribution in [0.25, 0.3) is 0 Å². The van der Waals surface area contributed by atoms with Gasteiger partial charge in [-0.25, -0.2) is 4.79 Å². The maximum absolute atomic E-state index is 12.3. The van der Waals surface area contributed by atoms with Gasteiger partial charge in [0, 0.05) is 32.0 Å². The fraction of sp³-hybridized carbons (Fsp3) is 0.368. The molecule has 2 rings (SSSR count). The second-order valence-electron chi connectivity index (χ2n) is 5.52. The fourth-order valence-corrected chi connectivity index (χ4v) is 2.43. The molecule has 5 heteroatoms. The zero-order valence-corrected chi connectivity index (χ0v) is 14.4. The highest BCUT2D eigenvalue weighted by molar-refractivity contribution is 5.74. The molecule has 2 aromatic rings. The van der Waals surface area contributed by atoms with Gasteiger partial charge in [-0.2, -0.15) is 0 Å². The van der Waals surface area contributed by atoms with Crippen LogP contribution >= 0.6 is 0 Å². The van der Waals surface area contributed by atoms with Crippen molar-refractivity contribution in [1.29, 1.82) is 0 Å². The number of methoxy groups -OCH3 is 1. The summed E-state index contributed by atoms with van der Waals surface area (Å²) in [6, 6.07) is 11.9. The predicted octanol–water partition coefficient (Wildman–Crippen LogP) is 2.91. The van der Waals surface area contributed by atoms with E-state index in [4.69, 9.17) is 4.74 Å². The maximum atomic E-state index is 12.3. The van der Waals surface area contributed by atoms with Gasteiger partial charge in [-0.15, -0.1) is 0 Å². The smallest absolute Gasteiger partial charge is 0.317 e. The average molecular weight is 327 g/mol. The molecule has 0 spiro atoms. The Labute approximate surface area is 143 Å². The minimum Gasteiger partial charge on any atom is -0.497 e. The zero-order valence-electron chi connectivity index (χ0n) is 14.4. The number of carbonyl (C=O) groups is 1. The van der Waals surface area contributed by atoms with Crippen molar-refractivity contribution in [3.8, 4) is 5.75 Å². The van der Waals surface area contributed by atoms with Gasteiger partial charge >= 0.3 is 6.03 Å². The van der Waals surface area contributed by atoms with Crippen LogP contribution in [-0.4, -0.2) is 42.7 Å². The van der Waals surface area contributed by atoms with Crippen LogP contribution in [0, 0.1) is 0 Å². The highest BCUT2D eigenvalue weighted by atomic mass is 16.5. The summed E-state index contributed by atoms with van der Waals surface area (Å²) in [6.07, 6.45) is 5.20. The second-order valence-corrected chi connectivity index (χ2v) is 5.52. The van der Waals surface area contributed by atoms with Crippen molar-refractivity contribution in [3.63, 3.8) is 0 Å². The molecule has 1 aromatic heterocycles. The summed E-state index contributed by atoms with van der Waals surface area (Å²) in [5, 5.41) is 2.99. The fourth-order valence-electron chi connectivity index (χ4n) is 2.43. The van der Waals surface area contributed by atoms with Crippen LogP contribution in [0.3, 0.4) is 0 Å². The number of pyridine rings is 1. The van der Waals surface area contributed by atoms with Gasteiger partial charge in [0.2, 0.25) is 0 Å². The molecule has 0 aliphatic rings. The van der Waals surface area contributed by atoms with E-state index in [1.54, 1.807) is 19.5 Å². The molecule has 0 atom stereocenters. The molecule has 0 fully saturated rings. The van der Waals surface area contributed by atoms with E-state index in [-0.39, 0.29) is 6.03 Å². The SMILES string of the molecule is CCN(CCc1ccncc1)C(=O)NCCc1ccc(OC)cc1. The molecule has 0 saturated carbocycles. The number of nitrogens with zero attached hydrogens (tertiary/aromatic N) is 2. The lowest BCUT2D eigenvalue weighted by Crippen LogP contribution is -2.41. The first kappa shape index (κ1) is 17.8. The Bertz CT molecular complexity index is 614. The number of ether oxygens (including phenoxy) is 1. The van der Waals surface area contributed by atoms with Crippen molar-refractivity contribution in [2.45, 2.75) is 19.8 Å². The normalized spacial score (nSPS) is 10.2. The lowest BCUT2D eigenvalue weighted by Gasteiger charge is -2.21. The van der Waals surface area contributed by atoms with Gasteiger partial charge in [0.15, 0.2) is 0 Å². The van der Waals surface area contributed by atoms with E-state index in [0.717, 1.165) is 18.6 Å². The van der Waals surface area contributed by atoms with Crippen LogP contribution in [0.5, 0.6) is 5.75 Å². The number of aromatic nitrogens is 1. The van der Waals surface area contributed by atoms with Crippen molar-refractivity contribution < 1.29 is 9.53 Å². The number of hydrogen-bond acceptors (Lipinski definition) is 3. The molecule has 0 aliphatic carbocycles. The van der Waals surface area contributed by atoms with Crippen molar-refractivity contribution in [1.82, 2.24) is 15.2 Å². The van der Waals surface area contributed by atoms with Crippen LogP contribution in [-0.2, 0) is 12.8 Å². The minimum absolute atomic E-state index is 0.0138. The standard InChI is InChI=1S/C19H25N3O2/c1-3-22(15-11-17-8-12-20-13-9-17)19(23)21-14-10-16-4-6-18(24-2)7-5-16/h4-9,12-13H,3,10-11,14-15H2,1-2H3,(H,21,23). The van der Waals surface area contributed by atoms with Crippen LogP contribution < -0.4 is 10.1 Å². The second kappa shape index (κ2) is 9.55. The van der Waals surface area contributed by atoms with E-state index < -0.39 is 0 Å². The van der Waals surface area contributed by atoms with Gasteiger partial charge in [0.1, 0.15) is 5.75 Å². The van der Waals surface area contributed by atoms with Crippen molar-refractivity contribution in [2.24, 2.45) is 0 Å². The predicted molar refractivity (Wildman–Crippen MR) is 95.3 cm³/mol. The van der Waals surface area contributed by atoms with E-state index in [1.165, 1.54) is 11.1 Å². The van der Waals surface area contributed by atoms with Crippen molar-refractivity contribution in [3.05, 3.63) is 59.9 Å². The first-order valence-corrected chi connectivity index (χ1v) is 8.27. The Morgan fingerprint density at radius 1 is 1.08 bits per heavy atom. The Hall–Kier alpha value is -2.56. The first-order chi connectivity index (χ1) is 11.7. The van der Waals surface area contributed by atoms with Crippen molar-refractivity contribution >= 4 is 6.03 Å². The summed E-state index contributed by atoms with van der Waals surface area (Å²) in [5.41, 5.74) is 2.37. The molecule has 5 nitrogen and oxygen atoms in total. The monoisotopic (exact) mass is 327 g/mol. The zero-order chi connectivity index (χ0) is 17.2. The third-order valence-corrected chi connectivity index (χ3v) is 3.94. The van der Waals surface area contributed by atoms with E-state index in [9.17, 15) is 4.79 Å². The van der Waals surface area contributed by atoms with Gasteiger partial charge < -0.3 is 15.0 Å². The molecule has 2 amide bonds. The van der Waals surface area contributed by atoms with Gasteiger partial charge in [-0.05, 0) is 55.2 Å². The molecule has 0 radical (unpaired) electrons. The van der Waals surface area contributed by atoms with Crippen LogP contribution in [0.2, 0.25) is 0 Å². The molecule has 0 aliphatic heterocycles. The molecule has 128 valence electrons. The van der Waals surface area contributed by atoms with Crippen molar-refractivity contribution in [2.75, 3.05) is 26.7 Å². The van der Waals surface area contributed by atoms with Crippen LogP contribution in [0.1, 0.15) is 18.1 Å². The third-order valence-electron chi connectivity index (χ3n) is 3.94. The maximum Gasteiger partial charge on any atom is 0.317 e. The number of urea groups is 1. The summed E-state index contributed by atoms with van der Waals surface area (Å²) in [5.74, 6) is 0.844. The molecule has 1 heterocycles. The van der Waals surface area contributed by atoms with E-state index in [0.29, 0.717) is 19.6 Å². The summed E-state index contributed by atoms with van der Waals surface area (Å²) in [4.78, 5) is 18.1. The number of rotatable bonds is 8. The number of likely N-dealkylation sites (N-methyl/N-ethyl adjacent to an activating group) is 1. The average Bonchev–Trinajstić information content (AvgIpc) is 2.63. The Kier molecular flexibility index (Phi) is 7.08. The molecule has 0 unspecified atom stereocenters. The Morgan fingerprint density at radius 2 is 1.75 bits per heavy atom. The molecule has 1 N–H and O–H groups in total. The summed E-state index contributed by atoms with van der Waals surface area (Å²) in [6.45, 7) is 4.01. The van der Waals surface area contributed by atoms with E-state index in [1.807, 2.05) is 48.2 Å². The summed E-state index contributed by atoms with van der Waals surface area (Å²) >= 11 is 0. The minimum atomic E-state index is -0.0138. The van der Waals surface area contributed by atoms with E-state index >= 15 is 0 Å². The third kappa shape index (κ3) is 5.57. The highest BCUT2D eigenvalue weighted by Crippen LogP contribution is 2.11. The topological polar surface area (TPSA) is 54.5 Å². The lowest BCUT2D eigenvalue weighted by atomic mass is 10.1. The summed E-state index contributed by atoms with van der Waals surface area (Å²) < 4.78 is 5.14. The number of benzene rings is 1. The quantitative estimate of drug-likeness (QED) is 0.811. The molecule has 0 saturated heterocycles. The van der Waals surface area contributed by atoms with Gasteiger partial charge in [0.25, 0.3) is 0 Å². The number of hydrogen-bond donors (Lipinski definition) is 1. The Morgan fingerprint density at radius 3 is 2.38 bits per heavy atom. The summed E-state index contributed by atoms with van der Waals surface area (Å²) in [7, 11) is 1.65. The molecular formula is C19H25N3O2. The molecular weight excluding hydrogens is 302 g/mol. The molecule has 24 heavy (non-hydrogen) atoms. The lowest BCUT2D eigenvalue weighted by molar-refractivity contribution is 0.201.